The second-order valence-corrected chi connectivity index (χ2v) is 4.37. The predicted molar refractivity (Wildman–Crippen MR) is 69.6 cm³/mol. The van der Waals surface area contributed by atoms with Gasteiger partial charge in [0.1, 0.15) is 5.82 Å². The number of carboxylic acids is 1. The number of halogens is 1. The fourth-order valence-electron chi connectivity index (χ4n) is 1.46. The normalized spacial score (nSPS) is 11.7. The Balaban J connectivity index is 2.41. The Morgan fingerprint density at radius 1 is 1.42 bits per heavy atom. The first kappa shape index (κ1) is 14.9. The summed E-state index contributed by atoms with van der Waals surface area (Å²) in [6.07, 6.45) is 0.352. The van der Waals surface area contributed by atoms with Gasteiger partial charge in [-0.2, -0.15) is 0 Å². The first-order valence-corrected chi connectivity index (χ1v) is 5.94. The molecule has 5 nitrogen and oxygen atoms in total. The van der Waals surface area contributed by atoms with Gasteiger partial charge in [0.05, 0.1) is 5.92 Å². The molecule has 0 saturated carbocycles. The van der Waals surface area contributed by atoms with E-state index >= 15 is 0 Å². The maximum atomic E-state index is 12.9. The van der Waals surface area contributed by atoms with E-state index in [-0.39, 0.29) is 12.4 Å². The van der Waals surface area contributed by atoms with E-state index in [9.17, 15) is 14.0 Å². The predicted octanol–water partition coefficient (Wildman–Crippen LogP) is 2.37. The van der Waals surface area contributed by atoms with Crippen molar-refractivity contribution in [2.75, 3.05) is 11.9 Å². The molecular formula is C13H17FN2O3. The van der Waals surface area contributed by atoms with Gasteiger partial charge in [-0.15, -0.1) is 0 Å². The van der Waals surface area contributed by atoms with E-state index in [1.165, 1.54) is 18.2 Å². The first-order chi connectivity index (χ1) is 8.90. The number of hydrogen-bond acceptors (Lipinski definition) is 2. The molecule has 104 valence electrons. The molecule has 1 aromatic carbocycles. The van der Waals surface area contributed by atoms with Crippen molar-refractivity contribution >= 4 is 17.7 Å². The van der Waals surface area contributed by atoms with Crippen LogP contribution in [-0.4, -0.2) is 23.7 Å². The van der Waals surface area contributed by atoms with Crippen LogP contribution in [-0.2, 0) is 4.79 Å². The SMILES string of the molecule is Cc1cc(F)ccc1NC(=O)NCCC(C)C(=O)O. The fourth-order valence-corrected chi connectivity index (χ4v) is 1.46. The van der Waals surface area contributed by atoms with Crippen molar-refractivity contribution in [3.63, 3.8) is 0 Å². The second kappa shape index (κ2) is 6.72. The van der Waals surface area contributed by atoms with Crippen molar-refractivity contribution in [2.45, 2.75) is 20.3 Å². The zero-order chi connectivity index (χ0) is 14.4. The molecule has 6 heteroatoms. The van der Waals surface area contributed by atoms with Crippen LogP contribution in [0.3, 0.4) is 0 Å². The maximum absolute atomic E-state index is 12.9. The Bertz CT molecular complexity index is 477. The molecule has 0 saturated heterocycles. The molecule has 0 aliphatic rings. The van der Waals surface area contributed by atoms with Gasteiger partial charge in [0.25, 0.3) is 0 Å². The number of amides is 2. The van der Waals surface area contributed by atoms with Crippen LogP contribution in [0, 0.1) is 18.7 Å². The van der Waals surface area contributed by atoms with Crippen molar-refractivity contribution in [1.29, 1.82) is 0 Å². The molecule has 1 unspecified atom stereocenters. The van der Waals surface area contributed by atoms with Crippen LogP contribution in [0.4, 0.5) is 14.9 Å². The van der Waals surface area contributed by atoms with Gasteiger partial charge in [0, 0.05) is 12.2 Å². The standard InChI is InChI=1S/C13H17FN2O3/c1-8(12(17)18)5-6-15-13(19)16-11-4-3-10(14)7-9(11)2/h3-4,7-8H,5-6H2,1-2H3,(H,17,18)(H2,15,16,19). The zero-order valence-electron chi connectivity index (χ0n) is 10.9. The average molecular weight is 268 g/mol. The van der Waals surface area contributed by atoms with Gasteiger partial charge in [-0.05, 0) is 37.1 Å². The monoisotopic (exact) mass is 268 g/mol. The van der Waals surface area contributed by atoms with Crippen molar-refractivity contribution in [3.8, 4) is 0 Å². The van der Waals surface area contributed by atoms with Crippen molar-refractivity contribution in [2.24, 2.45) is 5.92 Å². The van der Waals surface area contributed by atoms with E-state index in [4.69, 9.17) is 5.11 Å². The average Bonchev–Trinajstić information content (AvgIpc) is 2.32. The quantitative estimate of drug-likeness (QED) is 0.767. The largest absolute Gasteiger partial charge is 0.481 e. The number of carboxylic acid groups (broad SMARTS) is 1. The van der Waals surface area contributed by atoms with Crippen LogP contribution in [0.25, 0.3) is 0 Å². The summed E-state index contributed by atoms with van der Waals surface area (Å²) in [5, 5.41) is 13.8. The molecule has 0 aliphatic carbocycles. The van der Waals surface area contributed by atoms with Gasteiger partial charge in [-0.1, -0.05) is 6.92 Å². The Hall–Kier alpha value is -2.11. The highest BCUT2D eigenvalue weighted by Crippen LogP contribution is 2.15. The van der Waals surface area contributed by atoms with Gasteiger partial charge in [-0.3, -0.25) is 4.79 Å². The molecular weight excluding hydrogens is 251 g/mol. The highest BCUT2D eigenvalue weighted by molar-refractivity contribution is 5.90. The molecule has 3 N–H and O–H groups in total. The Morgan fingerprint density at radius 3 is 2.68 bits per heavy atom. The van der Waals surface area contributed by atoms with Crippen LogP contribution >= 0.6 is 0 Å². The number of nitrogens with one attached hydrogen (secondary N) is 2. The molecule has 0 fully saturated rings. The van der Waals surface area contributed by atoms with Crippen LogP contribution in [0.1, 0.15) is 18.9 Å². The topological polar surface area (TPSA) is 78.4 Å². The third-order valence-electron chi connectivity index (χ3n) is 2.72. The van der Waals surface area contributed by atoms with Gasteiger partial charge >= 0.3 is 12.0 Å². The Kier molecular flexibility index (Phi) is 5.29. The van der Waals surface area contributed by atoms with Gasteiger partial charge in [0.15, 0.2) is 0 Å². The summed E-state index contributed by atoms with van der Waals surface area (Å²) >= 11 is 0. The number of aliphatic carboxylic acids is 1. The van der Waals surface area contributed by atoms with E-state index < -0.39 is 17.9 Å². The van der Waals surface area contributed by atoms with Crippen molar-refractivity contribution in [3.05, 3.63) is 29.6 Å². The number of anilines is 1. The van der Waals surface area contributed by atoms with E-state index in [2.05, 4.69) is 10.6 Å². The highest BCUT2D eigenvalue weighted by Gasteiger charge is 2.11. The lowest BCUT2D eigenvalue weighted by atomic mass is 10.1. The van der Waals surface area contributed by atoms with Crippen LogP contribution < -0.4 is 10.6 Å². The minimum atomic E-state index is -0.892. The third kappa shape index (κ3) is 4.95. The summed E-state index contributed by atoms with van der Waals surface area (Å²) in [5.41, 5.74) is 1.14. The Morgan fingerprint density at radius 2 is 2.11 bits per heavy atom. The summed E-state index contributed by atoms with van der Waals surface area (Å²) in [7, 11) is 0. The molecule has 0 spiro atoms. The Labute approximate surface area is 110 Å². The smallest absolute Gasteiger partial charge is 0.319 e. The summed E-state index contributed by atoms with van der Waals surface area (Å²) in [6.45, 7) is 3.52. The molecule has 2 amide bonds. The summed E-state index contributed by atoms with van der Waals surface area (Å²) in [5.74, 6) is -1.76. The third-order valence-corrected chi connectivity index (χ3v) is 2.72. The lowest BCUT2D eigenvalue weighted by Crippen LogP contribution is -2.31. The van der Waals surface area contributed by atoms with Crippen LogP contribution in [0.15, 0.2) is 18.2 Å². The molecule has 1 aromatic rings. The van der Waals surface area contributed by atoms with Gasteiger partial charge in [0.2, 0.25) is 0 Å². The number of rotatable bonds is 5. The molecule has 0 radical (unpaired) electrons. The lowest BCUT2D eigenvalue weighted by Gasteiger charge is -2.11. The van der Waals surface area contributed by atoms with Crippen LogP contribution in [0.5, 0.6) is 0 Å². The lowest BCUT2D eigenvalue weighted by molar-refractivity contribution is -0.141. The maximum Gasteiger partial charge on any atom is 0.319 e. The molecule has 0 heterocycles. The zero-order valence-corrected chi connectivity index (χ0v) is 10.9. The van der Waals surface area contributed by atoms with Gasteiger partial charge < -0.3 is 15.7 Å². The van der Waals surface area contributed by atoms with Crippen molar-refractivity contribution in [1.82, 2.24) is 5.32 Å². The molecule has 19 heavy (non-hydrogen) atoms. The van der Waals surface area contributed by atoms with E-state index in [1.54, 1.807) is 13.8 Å². The fraction of sp³-hybridized carbons (Fsp3) is 0.385. The number of hydrogen-bond donors (Lipinski definition) is 3. The molecule has 0 bridgehead atoms. The number of carbonyl (C=O) groups excluding carboxylic acids is 1. The highest BCUT2D eigenvalue weighted by atomic mass is 19.1. The molecule has 1 rings (SSSR count). The summed E-state index contributed by atoms with van der Waals surface area (Å²) in [4.78, 5) is 22.1. The number of aryl methyl sites for hydroxylation is 1. The number of benzene rings is 1. The molecule has 0 aliphatic heterocycles. The van der Waals surface area contributed by atoms with E-state index in [0.29, 0.717) is 17.7 Å². The molecule has 1 atom stereocenters. The first-order valence-electron chi connectivity index (χ1n) is 5.94. The van der Waals surface area contributed by atoms with Crippen LogP contribution in [0.2, 0.25) is 0 Å². The number of carbonyl (C=O) groups is 2. The van der Waals surface area contributed by atoms with Crippen molar-refractivity contribution < 1.29 is 19.1 Å². The summed E-state index contributed by atoms with van der Waals surface area (Å²) < 4.78 is 12.9. The molecule has 0 aromatic heterocycles. The van der Waals surface area contributed by atoms with E-state index in [0.717, 1.165) is 0 Å². The van der Waals surface area contributed by atoms with Gasteiger partial charge in [-0.25, -0.2) is 9.18 Å². The minimum absolute atomic E-state index is 0.263. The number of urea groups is 1. The second-order valence-electron chi connectivity index (χ2n) is 4.37. The minimum Gasteiger partial charge on any atom is -0.481 e. The summed E-state index contributed by atoms with van der Waals surface area (Å²) in [6, 6.07) is 3.62. The van der Waals surface area contributed by atoms with E-state index in [1.807, 2.05) is 0 Å².